The van der Waals surface area contributed by atoms with Crippen LogP contribution in [0.1, 0.15) is 26.2 Å². The SMILES string of the molecule is C#CC(CCC)NC1CCN(C)C1. The predicted octanol–water partition coefficient (Wildman–Crippen LogP) is 1.08. The van der Waals surface area contributed by atoms with Gasteiger partial charge < -0.3 is 4.90 Å². The van der Waals surface area contributed by atoms with E-state index in [2.05, 4.69) is 30.1 Å². The highest BCUT2D eigenvalue weighted by Gasteiger charge is 2.20. The molecule has 1 fully saturated rings. The lowest BCUT2D eigenvalue weighted by molar-refractivity contribution is 0.389. The molecule has 1 N–H and O–H groups in total. The third-order valence-electron chi connectivity index (χ3n) is 2.61. The minimum Gasteiger partial charge on any atom is -0.305 e. The van der Waals surface area contributed by atoms with Crippen molar-refractivity contribution in [1.82, 2.24) is 10.2 Å². The summed E-state index contributed by atoms with van der Waals surface area (Å²) in [5.41, 5.74) is 0. The monoisotopic (exact) mass is 180 g/mol. The fourth-order valence-electron chi connectivity index (χ4n) is 1.86. The Hall–Kier alpha value is -0.520. The summed E-state index contributed by atoms with van der Waals surface area (Å²) >= 11 is 0. The Morgan fingerprint density at radius 1 is 1.69 bits per heavy atom. The summed E-state index contributed by atoms with van der Waals surface area (Å²) in [4.78, 5) is 2.34. The molecule has 0 spiro atoms. The molecule has 13 heavy (non-hydrogen) atoms. The minimum atomic E-state index is 0.279. The molecule has 0 aromatic heterocycles. The Labute approximate surface area is 81.7 Å². The lowest BCUT2D eigenvalue weighted by Crippen LogP contribution is -2.38. The van der Waals surface area contributed by atoms with Crippen LogP contribution in [-0.4, -0.2) is 37.1 Å². The average Bonchev–Trinajstić information content (AvgIpc) is 2.50. The summed E-state index contributed by atoms with van der Waals surface area (Å²) in [5, 5.41) is 3.52. The van der Waals surface area contributed by atoms with Gasteiger partial charge in [-0.15, -0.1) is 6.42 Å². The van der Waals surface area contributed by atoms with Gasteiger partial charge in [-0.2, -0.15) is 0 Å². The van der Waals surface area contributed by atoms with Crippen molar-refractivity contribution in [2.75, 3.05) is 20.1 Å². The number of likely N-dealkylation sites (N-methyl/N-ethyl adjacent to an activating group) is 1. The smallest absolute Gasteiger partial charge is 0.0689 e. The summed E-state index contributed by atoms with van der Waals surface area (Å²) in [5.74, 6) is 2.82. The van der Waals surface area contributed by atoms with Gasteiger partial charge in [0.2, 0.25) is 0 Å². The quantitative estimate of drug-likeness (QED) is 0.651. The van der Waals surface area contributed by atoms with Gasteiger partial charge in [-0.05, 0) is 26.4 Å². The topological polar surface area (TPSA) is 15.3 Å². The van der Waals surface area contributed by atoms with E-state index in [1.54, 1.807) is 0 Å². The van der Waals surface area contributed by atoms with E-state index < -0.39 is 0 Å². The number of likely N-dealkylation sites (tertiary alicyclic amines) is 1. The molecule has 1 rings (SSSR count). The summed E-state index contributed by atoms with van der Waals surface area (Å²) in [7, 11) is 2.16. The third-order valence-corrected chi connectivity index (χ3v) is 2.61. The Balaban J connectivity index is 2.26. The Morgan fingerprint density at radius 3 is 2.92 bits per heavy atom. The van der Waals surface area contributed by atoms with Crippen molar-refractivity contribution >= 4 is 0 Å². The predicted molar refractivity (Wildman–Crippen MR) is 56.6 cm³/mol. The van der Waals surface area contributed by atoms with Crippen LogP contribution in [0.25, 0.3) is 0 Å². The fraction of sp³-hybridized carbons (Fsp3) is 0.818. The van der Waals surface area contributed by atoms with Crippen molar-refractivity contribution in [1.29, 1.82) is 0 Å². The molecule has 2 nitrogen and oxygen atoms in total. The first-order valence-electron chi connectivity index (χ1n) is 5.17. The number of nitrogens with one attached hydrogen (secondary N) is 1. The van der Waals surface area contributed by atoms with Gasteiger partial charge in [0.25, 0.3) is 0 Å². The molecule has 1 aliphatic heterocycles. The molecule has 2 unspecified atom stereocenters. The molecule has 2 atom stereocenters. The molecule has 0 amide bonds. The zero-order valence-corrected chi connectivity index (χ0v) is 8.71. The van der Waals surface area contributed by atoms with Crippen LogP contribution in [0, 0.1) is 12.3 Å². The van der Waals surface area contributed by atoms with Gasteiger partial charge in [0.1, 0.15) is 0 Å². The molecule has 0 radical (unpaired) electrons. The number of nitrogens with zero attached hydrogens (tertiary/aromatic N) is 1. The highest BCUT2D eigenvalue weighted by molar-refractivity contribution is 5.00. The zero-order chi connectivity index (χ0) is 9.68. The molecule has 0 aromatic carbocycles. The van der Waals surface area contributed by atoms with Gasteiger partial charge in [0, 0.05) is 12.6 Å². The van der Waals surface area contributed by atoms with Crippen molar-refractivity contribution in [3.8, 4) is 12.3 Å². The van der Waals surface area contributed by atoms with E-state index in [4.69, 9.17) is 6.42 Å². The molecule has 0 saturated carbocycles. The standard InChI is InChI=1S/C11H20N2/c1-4-6-10(5-2)12-11-7-8-13(3)9-11/h2,10-12H,4,6-9H2,1,3H3. The lowest BCUT2D eigenvalue weighted by atomic mass is 10.1. The molecule has 1 heterocycles. The average molecular weight is 180 g/mol. The summed E-state index contributed by atoms with van der Waals surface area (Å²) in [6, 6.07) is 0.888. The minimum absolute atomic E-state index is 0.279. The maximum atomic E-state index is 5.45. The lowest BCUT2D eigenvalue weighted by Gasteiger charge is -2.17. The van der Waals surface area contributed by atoms with Gasteiger partial charge in [0.15, 0.2) is 0 Å². The van der Waals surface area contributed by atoms with Crippen molar-refractivity contribution in [2.24, 2.45) is 0 Å². The number of rotatable bonds is 4. The second-order valence-corrected chi connectivity index (χ2v) is 3.92. The zero-order valence-electron chi connectivity index (χ0n) is 8.71. The molecule has 0 bridgehead atoms. The van der Waals surface area contributed by atoms with E-state index in [0.717, 1.165) is 19.4 Å². The molecule has 1 aliphatic rings. The van der Waals surface area contributed by atoms with Crippen LogP contribution in [0.4, 0.5) is 0 Å². The van der Waals surface area contributed by atoms with Crippen molar-refractivity contribution in [3.05, 3.63) is 0 Å². The molecular formula is C11H20N2. The van der Waals surface area contributed by atoms with Gasteiger partial charge in [-0.3, -0.25) is 5.32 Å². The van der Waals surface area contributed by atoms with E-state index in [-0.39, 0.29) is 6.04 Å². The molecule has 74 valence electrons. The van der Waals surface area contributed by atoms with Crippen LogP contribution in [0.5, 0.6) is 0 Å². The second-order valence-electron chi connectivity index (χ2n) is 3.92. The Morgan fingerprint density at radius 2 is 2.46 bits per heavy atom. The van der Waals surface area contributed by atoms with E-state index in [1.165, 1.54) is 13.0 Å². The van der Waals surface area contributed by atoms with E-state index >= 15 is 0 Å². The fourth-order valence-corrected chi connectivity index (χ4v) is 1.86. The Bertz CT molecular complexity index is 183. The molecule has 2 heteroatoms. The van der Waals surface area contributed by atoms with Crippen LogP contribution in [0.15, 0.2) is 0 Å². The van der Waals surface area contributed by atoms with Crippen LogP contribution in [0.2, 0.25) is 0 Å². The van der Waals surface area contributed by atoms with E-state index in [1.807, 2.05) is 0 Å². The first kappa shape index (κ1) is 10.6. The first-order valence-corrected chi connectivity index (χ1v) is 5.17. The second kappa shape index (κ2) is 5.26. The van der Waals surface area contributed by atoms with Gasteiger partial charge in [0.05, 0.1) is 6.04 Å². The molecule has 1 saturated heterocycles. The number of terminal acetylenes is 1. The molecule has 0 aromatic rings. The molecule has 0 aliphatic carbocycles. The van der Waals surface area contributed by atoms with Crippen molar-refractivity contribution in [2.45, 2.75) is 38.3 Å². The number of hydrogen-bond donors (Lipinski definition) is 1. The largest absolute Gasteiger partial charge is 0.305 e. The summed E-state index contributed by atoms with van der Waals surface area (Å²) in [6.45, 7) is 4.51. The highest BCUT2D eigenvalue weighted by Crippen LogP contribution is 2.08. The maximum Gasteiger partial charge on any atom is 0.0689 e. The third kappa shape index (κ3) is 3.38. The van der Waals surface area contributed by atoms with Crippen LogP contribution in [0.3, 0.4) is 0 Å². The van der Waals surface area contributed by atoms with Gasteiger partial charge in [-0.1, -0.05) is 19.3 Å². The van der Waals surface area contributed by atoms with Gasteiger partial charge in [-0.25, -0.2) is 0 Å². The highest BCUT2D eigenvalue weighted by atomic mass is 15.2. The summed E-state index contributed by atoms with van der Waals surface area (Å²) < 4.78 is 0. The van der Waals surface area contributed by atoms with Gasteiger partial charge >= 0.3 is 0 Å². The van der Waals surface area contributed by atoms with Crippen molar-refractivity contribution in [3.63, 3.8) is 0 Å². The Kier molecular flexibility index (Phi) is 4.27. The van der Waals surface area contributed by atoms with E-state index in [0.29, 0.717) is 6.04 Å². The van der Waals surface area contributed by atoms with E-state index in [9.17, 15) is 0 Å². The number of hydrogen-bond acceptors (Lipinski definition) is 2. The van der Waals surface area contributed by atoms with Crippen molar-refractivity contribution < 1.29 is 0 Å². The summed E-state index contributed by atoms with van der Waals surface area (Å²) in [6.07, 6.45) is 8.93. The first-order chi connectivity index (χ1) is 6.26. The van der Waals surface area contributed by atoms with Crippen LogP contribution >= 0.6 is 0 Å². The maximum absolute atomic E-state index is 5.45. The van der Waals surface area contributed by atoms with Crippen LogP contribution in [-0.2, 0) is 0 Å². The molecular weight excluding hydrogens is 160 g/mol. The normalized spacial score (nSPS) is 25.8. The van der Waals surface area contributed by atoms with Crippen LogP contribution < -0.4 is 5.32 Å².